The molecular weight excluding hydrogens is 180 g/mol. The summed E-state index contributed by atoms with van der Waals surface area (Å²) in [7, 11) is 0. The fourth-order valence-corrected chi connectivity index (χ4v) is 3.54. The Balaban J connectivity index is 1.98. The van der Waals surface area contributed by atoms with E-state index in [2.05, 4.69) is 39.8 Å². The molecule has 0 amide bonds. The molecule has 0 aromatic heterocycles. The molecule has 0 spiro atoms. The monoisotopic (exact) mass is 204 g/mol. The van der Waals surface area contributed by atoms with Crippen LogP contribution in [0, 0.1) is 17.3 Å². The lowest BCUT2D eigenvalue weighted by atomic mass is 9.47. The van der Waals surface area contributed by atoms with Gasteiger partial charge in [0, 0.05) is 0 Å². The lowest BCUT2D eigenvalue weighted by Gasteiger charge is -2.58. The summed E-state index contributed by atoms with van der Waals surface area (Å²) in [6.45, 7) is 9.25. The maximum Gasteiger partial charge on any atom is -0.0146 e. The summed E-state index contributed by atoms with van der Waals surface area (Å²) in [6, 6.07) is 0. The van der Waals surface area contributed by atoms with Crippen molar-refractivity contribution in [3.05, 3.63) is 23.3 Å². The summed E-state index contributed by atoms with van der Waals surface area (Å²) in [5.74, 6) is 1.89. The minimum Gasteiger partial charge on any atom is -0.0859 e. The van der Waals surface area contributed by atoms with Gasteiger partial charge in [-0.2, -0.15) is 0 Å². The van der Waals surface area contributed by atoms with Crippen LogP contribution in [-0.4, -0.2) is 0 Å². The first-order valence-corrected chi connectivity index (χ1v) is 6.34. The van der Waals surface area contributed by atoms with Crippen LogP contribution in [0.4, 0.5) is 0 Å². The van der Waals surface area contributed by atoms with Gasteiger partial charge in [-0.3, -0.25) is 0 Å². The molecule has 1 fully saturated rings. The molecule has 0 N–H and O–H groups in total. The fourth-order valence-electron chi connectivity index (χ4n) is 3.54. The van der Waals surface area contributed by atoms with E-state index in [4.69, 9.17) is 0 Å². The average molecular weight is 204 g/mol. The van der Waals surface area contributed by atoms with Crippen molar-refractivity contribution in [3.63, 3.8) is 0 Å². The van der Waals surface area contributed by atoms with Crippen molar-refractivity contribution in [3.8, 4) is 0 Å². The van der Waals surface area contributed by atoms with Crippen molar-refractivity contribution in [2.45, 2.75) is 53.4 Å². The standard InChI is InChI=1S/C15H24/c1-11(2)6-5-9-15(4)13-8-7-12(3)14(15)10-13/h6-7,13-14H,5,8-10H2,1-4H3/t13-,14-,15-/m1/s1. The first kappa shape index (κ1) is 11.0. The third-order valence-corrected chi connectivity index (χ3v) is 4.76. The smallest absolute Gasteiger partial charge is 0.0146 e. The highest BCUT2D eigenvalue weighted by Gasteiger charge is 2.52. The number of fused-ring (bicyclic) bond motifs is 1. The molecule has 3 atom stereocenters. The molecule has 0 aliphatic heterocycles. The SMILES string of the molecule is CC(C)=CCC[C@]1(C)[C@@H]2CC=C(C)[C@H]1C2. The van der Waals surface area contributed by atoms with Crippen molar-refractivity contribution in [1.82, 2.24) is 0 Å². The minimum absolute atomic E-state index is 0.630. The number of hydrogen-bond acceptors (Lipinski definition) is 0. The maximum atomic E-state index is 2.52. The van der Waals surface area contributed by atoms with E-state index in [-0.39, 0.29) is 0 Å². The molecule has 0 radical (unpaired) electrons. The Morgan fingerprint density at radius 2 is 2.27 bits per heavy atom. The van der Waals surface area contributed by atoms with Gasteiger partial charge in [0.1, 0.15) is 0 Å². The molecule has 3 aliphatic rings. The Morgan fingerprint density at radius 3 is 2.80 bits per heavy atom. The number of hydrogen-bond donors (Lipinski definition) is 0. The van der Waals surface area contributed by atoms with Gasteiger partial charge in [-0.25, -0.2) is 0 Å². The molecule has 0 aromatic carbocycles. The molecule has 1 saturated carbocycles. The molecule has 2 bridgehead atoms. The molecule has 15 heavy (non-hydrogen) atoms. The summed E-state index contributed by atoms with van der Waals surface area (Å²) in [5, 5.41) is 0. The van der Waals surface area contributed by atoms with E-state index in [0.29, 0.717) is 5.41 Å². The summed E-state index contributed by atoms with van der Waals surface area (Å²) in [6.07, 6.45) is 10.3. The summed E-state index contributed by atoms with van der Waals surface area (Å²) < 4.78 is 0. The van der Waals surface area contributed by atoms with E-state index >= 15 is 0 Å². The van der Waals surface area contributed by atoms with Crippen LogP contribution < -0.4 is 0 Å². The van der Waals surface area contributed by atoms with Crippen molar-refractivity contribution in [1.29, 1.82) is 0 Å². The summed E-state index contributed by atoms with van der Waals surface area (Å²) in [4.78, 5) is 0. The second-order valence-corrected chi connectivity index (χ2v) is 6.00. The van der Waals surface area contributed by atoms with Crippen LogP contribution in [0.15, 0.2) is 23.3 Å². The third-order valence-electron chi connectivity index (χ3n) is 4.76. The Hall–Kier alpha value is -0.520. The van der Waals surface area contributed by atoms with Crippen LogP contribution in [0.1, 0.15) is 53.4 Å². The number of rotatable bonds is 3. The quantitative estimate of drug-likeness (QED) is 0.583. The molecular formula is C15H24. The molecule has 0 heterocycles. The van der Waals surface area contributed by atoms with Crippen molar-refractivity contribution < 1.29 is 0 Å². The van der Waals surface area contributed by atoms with Gasteiger partial charge in [-0.1, -0.05) is 30.2 Å². The second-order valence-electron chi connectivity index (χ2n) is 6.00. The van der Waals surface area contributed by atoms with E-state index in [1.165, 1.54) is 31.3 Å². The van der Waals surface area contributed by atoms with E-state index in [1.807, 2.05) is 0 Å². The van der Waals surface area contributed by atoms with Crippen molar-refractivity contribution in [2.75, 3.05) is 0 Å². The summed E-state index contributed by atoms with van der Waals surface area (Å²) >= 11 is 0. The molecule has 0 aromatic rings. The van der Waals surface area contributed by atoms with Crippen LogP contribution in [0.5, 0.6) is 0 Å². The van der Waals surface area contributed by atoms with E-state index in [0.717, 1.165) is 11.8 Å². The zero-order chi connectivity index (χ0) is 11.1. The van der Waals surface area contributed by atoms with Gasteiger partial charge in [0.25, 0.3) is 0 Å². The second kappa shape index (κ2) is 3.81. The van der Waals surface area contributed by atoms with Crippen LogP contribution in [0.2, 0.25) is 0 Å². The summed E-state index contributed by atoms with van der Waals surface area (Å²) in [5.41, 5.74) is 3.76. The third kappa shape index (κ3) is 1.79. The van der Waals surface area contributed by atoms with Crippen LogP contribution in [0.3, 0.4) is 0 Å². The first-order chi connectivity index (χ1) is 7.04. The Labute approximate surface area is 94.5 Å². The van der Waals surface area contributed by atoms with Crippen LogP contribution in [0.25, 0.3) is 0 Å². The Bertz CT molecular complexity index is 304. The molecule has 3 rings (SSSR count). The Kier molecular flexibility index (Phi) is 2.79. The van der Waals surface area contributed by atoms with Crippen molar-refractivity contribution >= 4 is 0 Å². The maximum absolute atomic E-state index is 2.52. The lowest BCUT2D eigenvalue weighted by molar-refractivity contribution is -0.0312. The average Bonchev–Trinajstić information content (AvgIpc) is 2.16. The van der Waals surface area contributed by atoms with Gasteiger partial charge in [-0.15, -0.1) is 0 Å². The Morgan fingerprint density at radius 1 is 1.53 bits per heavy atom. The van der Waals surface area contributed by atoms with E-state index < -0.39 is 0 Å². The molecule has 0 saturated heterocycles. The fraction of sp³-hybridized carbons (Fsp3) is 0.733. The topological polar surface area (TPSA) is 0 Å². The molecule has 0 unspecified atom stereocenters. The highest BCUT2D eigenvalue weighted by atomic mass is 14.6. The molecule has 0 heteroatoms. The largest absolute Gasteiger partial charge is 0.0859 e. The van der Waals surface area contributed by atoms with E-state index in [1.54, 1.807) is 5.57 Å². The van der Waals surface area contributed by atoms with Crippen LogP contribution >= 0.6 is 0 Å². The molecule has 84 valence electrons. The normalized spacial score (nSPS) is 38.0. The lowest BCUT2D eigenvalue weighted by Crippen LogP contribution is -2.49. The first-order valence-electron chi connectivity index (χ1n) is 6.34. The predicted molar refractivity (Wildman–Crippen MR) is 66.7 cm³/mol. The number of allylic oxidation sites excluding steroid dienone is 4. The van der Waals surface area contributed by atoms with Gasteiger partial charge < -0.3 is 0 Å². The van der Waals surface area contributed by atoms with Crippen molar-refractivity contribution in [2.24, 2.45) is 17.3 Å². The highest BCUT2D eigenvalue weighted by Crippen LogP contribution is 2.61. The molecule has 0 nitrogen and oxygen atoms in total. The van der Waals surface area contributed by atoms with Gasteiger partial charge in [0.05, 0.1) is 0 Å². The van der Waals surface area contributed by atoms with Gasteiger partial charge in [0.15, 0.2) is 0 Å². The van der Waals surface area contributed by atoms with Gasteiger partial charge in [-0.05, 0) is 63.7 Å². The highest BCUT2D eigenvalue weighted by molar-refractivity contribution is 5.22. The van der Waals surface area contributed by atoms with Gasteiger partial charge in [0.2, 0.25) is 0 Å². The predicted octanol–water partition coefficient (Wildman–Crippen LogP) is 4.73. The minimum atomic E-state index is 0.630. The zero-order valence-corrected chi connectivity index (χ0v) is 10.6. The van der Waals surface area contributed by atoms with Crippen LogP contribution in [-0.2, 0) is 0 Å². The zero-order valence-electron chi connectivity index (χ0n) is 10.6. The van der Waals surface area contributed by atoms with E-state index in [9.17, 15) is 0 Å². The molecule has 3 aliphatic carbocycles. The van der Waals surface area contributed by atoms with Gasteiger partial charge >= 0.3 is 0 Å².